The molecule has 2 aliphatic heterocycles. The minimum atomic E-state index is -4.18. The normalized spacial score (nSPS) is 25.7. The Morgan fingerprint density at radius 2 is 1.90 bits per heavy atom. The number of aliphatic imine (C=N–C) groups is 1. The maximum Gasteiger partial charge on any atom is 0.403 e. The molecule has 0 radical (unpaired) electrons. The first-order chi connectivity index (χ1) is 13.9. The van der Waals surface area contributed by atoms with Gasteiger partial charge in [0.2, 0.25) is 0 Å². The zero-order chi connectivity index (χ0) is 20.9. The summed E-state index contributed by atoms with van der Waals surface area (Å²) in [7, 11) is 1.72. The highest BCUT2D eigenvalue weighted by Crippen LogP contribution is 2.33. The summed E-state index contributed by atoms with van der Waals surface area (Å²) in [6, 6.07) is 8.83. The monoisotopic (exact) mass is 412 g/mol. The van der Waals surface area contributed by atoms with Crippen molar-refractivity contribution in [3.8, 4) is 0 Å². The van der Waals surface area contributed by atoms with Crippen LogP contribution in [0.2, 0.25) is 0 Å². The van der Waals surface area contributed by atoms with Crippen molar-refractivity contribution in [2.75, 3.05) is 46.4 Å². The van der Waals surface area contributed by atoms with Gasteiger partial charge < -0.3 is 15.0 Å². The Hall–Kier alpha value is -1.80. The van der Waals surface area contributed by atoms with E-state index < -0.39 is 12.2 Å². The van der Waals surface area contributed by atoms with Gasteiger partial charge >= 0.3 is 6.18 Å². The second kappa shape index (κ2) is 9.80. The van der Waals surface area contributed by atoms with E-state index in [2.05, 4.69) is 22.4 Å². The Kier molecular flexibility index (Phi) is 7.40. The Morgan fingerprint density at radius 1 is 1.21 bits per heavy atom. The number of piperazine rings is 1. The number of ether oxygens (including phenoxy) is 1. The van der Waals surface area contributed by atoms with Crippen molar-refractivity contribution in [3.63, 3.8) is 0 Å². The fourth-order valence-electron chi connectivity index (χ4n) is 4.15. The highest BCUT2D eigenvalue weighted by molar-refractivity contribution is 5.80. The van der Waals surface area contributed by atoms with Gasteiger partial charge in [-0.1, -0.05) is 30.3 Å². The van der Waals surface area contributed by atoms with Gasteiger partial charge in [-0.15, -0.1) is 0 Å². The van der Waals surface area contributed by atoms with E-state index in [-0.39, 0.29) is 6.10 Å². The molecule has 3 rings (SSSR count). The number of nitrogens with one attached hydrogen (secondary N) is 1. The zero-order valence-electron chi connectivity index (χ0n) is 17.2. The lowest BCUT2D eigenvalue weighted by Crippen LogP contribution is -2.57. The summed E-state index contributed by atoms with van der Waals surface area (Å²) in [6.07, 6.45) is -2.03. The lowest BCUT2D eigenvalue weighted by atomic mass is 9.89. The van der Waals surface area contributed by atoms with Crippen molar-refractivity contribution in [1.82, 2.24) is 15.1 Å². The first kappa shape index (κ1) is 21.9. The highest BCUT2D eigenvalue weighted by atomic mass is 19.4. The molecule has 3 unspecified atom stereocenters. The predicted octanol–water partition coefficient (Wildman–Crippen LogP) is 3.30. The Morgan fingerprint density at radius 3 is 2.52 bits per heavy atom. The first-order valence-corrected chi connectivity index (χ1v) is 10.3. The van der Waals surface area contributed by atoms with Crippen molar-refractivity contribution in [2.45, 2.75) is 38.1 Å². The third-order valence-corrected chi connectivity index (χ3v) is 5.94. The molecular formula is C21H31F3N4O. The molecule has 8 heteroatoms. The molecule has 0 aliphatic carbocycles. The van der Waals surface area contributed by atoms with E-state index in [1.54, 1.807) is 7.05 Å². The topological polar surface area (TPSA) is 40.1 Å². The SMILES string of the molecule is CN=C(NCC1CCCOC1c1ccccc1)N1CCN(C(C)C(F)(F)F)CC1. The third kappa shape index (κ3) is 5.63. The average molecular weight is 413 g/mol. The molecule has 3 atom stereocenters. The van der Waals surface area contributed by atoms with E-state index in [1.807, 2.05) is 23.1 Å². The van der Waals surface area contributed by atoms with Crippen LogP contribution in [0.4, 0.5) is 13.2 Å². The lowest BCUT2D eigenvalue weighted by molar-refractivity contribution is -0.181. The Labute approximate surface area is 170 Å². The highest BCUT2D eigenvalue weighted by Gasteiger charge is 2.41. The average Bonchev–Trinajstić information content (AvgIpc) is 2.74. The van der Waals surface area contributed by atoms with Crippen LogP contribution in [0.25, 0.3) is 0 Å². The van der Waals surface area contributed by atoms with Gasteiger partial charge in [0.1, 0.15) is 6.04 Å². The maximum absolute atomic E-state index is 13.0. The molecule has 2 saturated heterocycles. The number of alkyl halides is 3. The van der Waals surface area contributed by atoms with Gasteiger partial charge in [-0.2, -0.15) is 13.2 Å². The van der Waals surface area contributed by atoms with Crippen molar-refractivity contribution < 1.29 is 17.9 Å². The minimum absolute atomic E-state index is 0.0556. The van der Waals surface area contributed by atoms with Crippen LogP contribution >= 0.6 is 0 Å². The summed E-state index contributed by atoms with van der Waals surface area (Å²) in [5.41, 5.74) is 1.18. The molecule has 0 amide bonds. The Balaban J connectivity index is 1.54. The van der Waals surface area contributed by atoms with E-state index >= 15 is 0 Å². The minimum Gasteiger partial charge on any atom is -0.373 e. The van der Waals surface area contributed by atoms with Crippen molar-refractivity contribution in [2.24, 2.45) is 10.9 Å². The summed E-state index contributed by atoms with van der Waals surface area (Å²) in [4.78, 5) is 7.90. The van der Waals surface area contributed by atoms with E-state index in [9.17, 15) is 13.2 Å². The number of rotatable bonds is 4. The van der Waals surface area contributed by atoms with Gasteiger partial charge in [-0.25, -0.2) is 0 Å². The zero-order valence-corrected chi connectivity index (χ0v) is 17.2. The lowest BCUT2D eigenvalue weighted by Gasteiger charge is -2.40. The van der Waals surface area contributed by atoms with Gasteiger partial charge in [-0.3, -0.25) is 9.89 Å². The van der Waals surface area contributed by atoms with E-state index in [1.165, 1.54) is 17.4 Å². The van der Waals surface area contributed by atoms with Crippen LogP contribution in [0.15, 0.2) is 35.3 Å². The first-order valence-electron chi connectivity index (χ1n) is 10.3. The van der Waals surface area contributed by atoms with Gasteiger partial charge in [0.15, 0.2) is 5.96 Å². The van der Waals surface area contributed by atoms with Gasteiger partial charge in [-0.05, 0) is 25.3 Å². The van der Waals surface area contributed by atoms with Gasteiger partial charge in [0, 0.05) is 52.3 Å². The van der Waals surface area contributed by atoms with Crippen molar-refractivity contribution in [1.29, 1.82) is 0 Å². The van der Waals surface area contributed by atoms with Gasteiger partial charge in [0.25, 0.3) is 0 Å². The smallest absolute Gasteiger partial charge is 0.373 e. The van der Waals surface area contributed by atoms with Crippen LogP contribution < -0.4 is 5.32 Å². The molecule has 0 bridgehead atoms. The van der Waals surface area contributed by atoms with Crippen molar-refractivity contribution >= 4 is 5.96 Å². The predicted molar refractivity (Wildman–Crippen MR) is 108 cm³/mol. The second-order valence-corrected chi connectivity index (χ2v) is 7.77. The molecule has 0 spiro atoms. The largest absolute Gasteiger partial charge is 0.403 e. The molecule has 2 heterocycles. The van der Waals surface area contributed by atoms with E-state index in [4.69, 9.17) is 4.74 Å². The van der Waals surface area contributed by atoms with Crippen LogP contribution in [0.1, 0.15) is 31.4 Å². The van der Waals surface area contributed by atoms with Crippen LogP contribution in [0.3, 0.4) is 0 Å². The van der Waals surface area contributed by atoms with E-state index in [0.29, 0.717) is 32.1 Å². The quantitative estimate of drug-likeness (QED) is 0.609. The van der Waals surface area contributed by atoms with Crippen LogP contribution in [0.5, 0.6) is 0 Å². The summed E-state index contributed by atoms with van der Waals surface area (Å²) >= 11 is 0. The summed E-state index contributed by atoms with van der Waals surface area (Å²) in [5.74, 6) is 1.08. The van der Waals surface area contributed by atoms with Crippen LogP contribution in [0, 0.1) is 5.92 Å². The number of hydrogen-bond acceptors (Lipinski definition) is 3. The molecule has 2 fully saturated rings. The number of guanidine groups is 1. The molecule has 2 aliphatic rings. The maximum atomic E-state index is 13.0. The third-order valence-electron chi connectivity index (χ3n) is 5.94. The fourth-order valence-corrected chi connectivity index (χ4v) is 4.15. The number of halogens is 3. The van der Waals surface area contributed by atoms with E-state index in [0.717, 1.165) is 32.0 Å². The molecule has 1 N–H and O–H groups in total. The summed E-state index contributed by atoms with van der Waals surface area (Å²) in [6.45, 7) is 4.54. The molecular weight excluding hydrogens is 381 g/mol. The molecule has 0 aromatic heterocycles. The molecule has 5 nitrogen and oxygen atoms in total. The van der Waals surface area contributed by atoms with Crippen LogP contribution in [-0.4, -0.2) is 74.4 Å². The molecule has 29 heavy (non-hydrogen) atoms. The molecule has 1 aromatic carbocycles. The van der Waals surface area contributed by atoms with Crippen LogP contribution in [-0.2, 0) is 4.74 Å². The second-order valence-electron chi connectivity index (χ2n) is 7.77. The fraction of sp³-hybridized carbons (Fsp3) is 0.667. The molecule has 162 valence electrons. The standard InChI is InChI=1S/C21H31F3N4O/c1-16(21(22,23)24)27-10-12-28(13-11-27)20(25-2)26-15-18-9-6-14-29-19(18)17-7-4-3-5-8-17/h3-5,7-8,16,18-19H,6,9-15H2,1-2H3,(H,25,26). The molecule has 1 aromatic rings. The summed E-state index contributed by atoms with van der Waals surface area (Å²) < 4.78 is 44.9. The Bertz CT molecular complexity index is 660. The summed E-state index contributed by atoms with van der Waals surface area (Å²) in [5, 5.41) is 3.44. The number of benzene rings is 1. The number of nitrogens with zero attached hydrogens (tertiary/aromatic N) is 3. The molecule has 0 saturated carbocycles. The van der Waals surface area contributed by atoms with Crippen molar-refractivity contribution in [3.05, 3.63) is 35.9 Å². The van der Waals surface area contributed by atoms with Gasteiger partial charge in [0.05, 0.1) is 6.10 Å². The number of hydrogen-bond donors (Lipinski definition) is 1.